The van der Waals surface area contributed by atoms with E-state index in [1.807, 2.05) is 45.0 Å². The number of benzene rings is 1. The van der Waals surface area contributed by atoms with Crippen LogP contribution >= 0.6 is 0 Å². The van der Waals surface area contributed by atoms with Crippen LogP contribution in [0.1, 0.15) is 61.1 Å². The zero-order valence-electron chi connectivity index (χ0n) is 20.1. The number of nitrogens with one attached hydrogen (secondary N) is 2. The van der Waals surface area contributed by atoms with Gasteiger partial charge in [-0.05, 0) is 30.7 Å². The van der Waals surface area contributed by atoms with Crippen LogP contribution in [-0.4, -0.2) is 42.6 Å². The van der Waals surface area contributed by atoms with Gasteiger partial charge in [0.1, 0.15) is 6.54 Å². The molecule has 2 aromatic heterocycles. The normalized spacial score (nSPS) is 12.3. The van der Waals surface area contributed by atoms with E-state index < -0.39 is 30.0 Å². The van der Waals surface area contributed by atoms with Gasteiger partial charge in [0, 0.05) is 0 Å². The number of aromatic hydroxyl groups is 1. The molecule has 3 rings (SSSR count). The van der Waals surface area contributed by atoms with Crippen molar-refractivity contribution in [1.29, 1.82) is 0 Å². The molecule has 1 aromatic carbocycles. The predicted octanol–water partition coefficient (Wildman–Crippen LogP) is 2.39. The number of hydrogen-bond donors (Lipinski definition) is 3. The first-order valence-electron chi connectivity index (χ1n) is 11.3. The number of H-pyrrole nitrogens is 1. The summed E-state index contributed by atoms with van der Waals surface area (Å²) in [5, 5.41) is 20.8. The van der Waals surface area contributed by atoms with E-state index in [1.54, 1.807) is 13.8 Å². The van der Waals surface area contributed by atoms with Crippen molar-refractivity contribution < 1.29 is 19.1 Å². The summed E-state index contributed by atoms with van der Waals surface area (Å²) in [6.07, 6.45) is 0.847. The van der Waals surface area contributed by atoms with Crippen molar-refractivity contribution >= 4 is 11.7 Å². The molecule has 0 radical (unpaired) electrons. The van der Waals surface area contributed by atoms with Crippen LogP contribution in [0.4, 0.5) is 0 Å². The van der Waals surface area contributed by atoms with E-state index in [1.165, 1.54) is 0 Å². The zero-order valence-corrected chi connectivity index (χ0v) is 20.1. The van der Waals surface area contributed by atoms with Gasteiger partial charge in [-0.3, -0.25) is 14.2 Å². The molecule has 3 N–H and O–H groups in total. The Bertz CT molecular complexity index is 1220. The lowest BCUT2D eigenvalue weighted by Gasteiger charge is -2.19. The van der Waals surface area contributed by atoms with Crippen LogP contribution < -0.4 is 11.0 Å². The van der Waals surface area contributed by atoms with Crippen molar-refractivity contribution in [3.63, 3.8) is 0 Å². The Labute approximate surface area is 197 Å². The van der Waals surface area contributed by atoms with E-state index in [0.717, 1.165) is 15.7 Å². The topological polar surface area (TPSA) is 143 Å². The highest BCUT2D eigenvalue weighted by Gasteiger charge is 2.30. The Hall–Kier alpha value is -3.69. The molecule has 182 valence electrons. The minimum atomic E-state index is -0.938. The molecule has 0 fully saturated rings. The van der Waals surface area contributed by atoms with Crippen LogP contribution in [0.2, 0.25) is 0 Å². The third-order valence-corrected chi connectivity index (χ3v) is 5.32. The minimum Gasteiger partial charge on any atom is -0.493 e. The molecule has 0 aliphatic carbocycles. The number of nitrogens with zero attached hydrogens (tertiary/aromatic N) is 3. The quantitative estimate of drug-likeness (QED) is 0.387. The van der Waals surface area contributed by atoms with Crippen LogP contribution in [0.3, 0.4) is 0 Å². The number of hydrogen-bond acceptors (Lipinski definition) is 7. The third kappa shape index (κ3) is 6.00. The first-order chi connectivity index (χ1) is 16.0. The molecular formula is C24H31N5O5. The molecule has 0 unspecified atom stereocenters. The SMILES string of the molecule is Cc1cccc(Cc2nnc(C(=O)[C@@H](NC(=O)Cn3c(O)c(CC(C)C)[nH]c3=O)C(C)C)o2)c1. The molecule has 10 heteroatoms. The number of carbonyl (C=O) groups excluding carboxylic acids is 2. The van der Waals surface area contributed by atoms with Crippen LogP contribution in [0.25, 0.3) is 0 Å². The Morgan fingerprint density at radius 2 is 1.94 bits per heavy atom. The Morgan fingerprint density at radius 3 is 2.59 bits per heavy atom. The second-order valence-corrected chi connectivity index (χ2v) is 9.24. The molecule has 3 aromatic rings. The average Bonchev–Trinajstić information content (AvgIpc) is 3.31. The molecule has 0 bridgehead atoms. The third-order valence-electron chi connectivity index (χ3n) is 5.32. The molecule has 0 aliphatic heterocycles. The summed E-state index contributed by atoms with van der Waals surface area (Å²) in [6, 6.07) is 6.90. The summed E-state index contributed by atoms with van der Waals surface area (Å²) in [5.41, 5.74) is 1.86. The molecular weight excluding hydrogens is 438 g/mol. The average molecular weight is 470 g/mol. The zero-order chi connectivity index (χ0) is 25.0. The number of imidazole rings is 1. The van der Waals surface area contributed by atoms with Gasteiger partial charge in [-0.1, -0.05) is 57.5 Å². The molecule has 0 aliphatic rings. The highest BCUT2D eigenvalue weighted by Crippen LogP contribution is 2.17. The molecule has 0 saturated heterocycles. The van der Waals surface area contributed by atoms with Gasteiger partial charge in [0.05, 0.1) is 18.2 Å². The smallest absolute Gasteiger partial charge is 0.329 e. The van der Waals surface area contributed by atoms with Gasteiger partial charge in [-0.15, -0.1) is 10.2 Å². The molecule has 0 saturated carbocycles. The number of Topliss-reactive ketones (excluding diaryl/α,β-unsaturated/α-hetero) is 1. The summed E-state index contributed by atoms with van der Waals surface area (Å²) in [5.74, 6) is -1.36. The van der Waals surface area contributed by atoms with Crippen molar-refractivity contribution in [3.8, 4) is 5.88 Å². The van der Waals surface area contributed by atoms with Crippen LogP contribution in [-0.2, 0) is 24.2 Å². The molecule has 1 amide bonds. The maximum absolute atomic E-state index is 13.0. The monoisotopic (exact) mass is 469 g/mol. The van der Waals surface area contributed by atoms with Gasteiger partial charge in [-0.25, -0.2) is 4.79 Å². The fraction of sp³-hybridized carbons (Fsp3) is 0.458. The van der Waals surface area contributed by atoms with Crippen molar-refractivity contribution in [2.24, 2.45) is 11.8 Å². The largest absolute Gasteiger partial charge is 0.493 e. The lowest BCUT2D eigenvalue weighted by Crippen LogP contribution is -2.46. The highest BCUT2D eigenvalue weighted by molar-refractivity contribution is 5.98. The van der Waals surface area contributed by atoms with Gasteiger partial charge >= 0.3 is 5.69 Å². The number of aromatic amines is 1. The van der Waals surface area contributed by atoms with Gasteiger partial charge in [0.2, 0.25) is 23.5 Å². The molecule has 34 heavy (non-hydrogen) atoms. The molecule has 0 spiro atoms. The summed E-state index contributed by atoms with van der Waals surface area (Å²) in [6.45, 7) is 8.99. The second-order valence-electron chi connectivity index (χ2n) is 9.24. The number of aryl methyl sites for hydroxylation is 1. The summed E-state index contributed by atoms with van der Waals surface area (Å²) in [4.78, 5) is 40.5. The number of carbonyl (C=O) groups is 2. The van der Waals surface area contributed by atoms with E-state index in [2.05, 4.69) is 20.5 Å². The van der Waals surface area contributed by atoms with Gasteiger partial charge in [-0.2, -0.15) is 0 Å². The summed E-state index contributed by atoms with van der Waals surface area (Å²) < 4.78 is 6.52. The Kier molecular flexibility index (Phi) is 7.70. The first kappa shape index (κ1) is 24.9. The second kappa shape index (κ2) is 10.5. The lowest BCUT2D eigenvalue weighted by molar-refractivity contribution is -0.122. The Balaban J connectivity index is 1.70. The first-order valence-corrected chi connectivity index (χ1v) is 11.3. The lowest BCUT2D eigenvalue weighted by atomic mass is 9.99. The number of aromatic nitrogens is 4. The van der Waals surface area contributed by atoms with E-state index in [-0.39, 0.29) is 23.6 Å². The van der Waals surface area contributed by atoms with E-state index in [0.29, 0.717) is 24.4 Å². The highest BCUT2D eigenvalue weighted by atomic mass is 16.4. The summed E-state index contributed by atoms with van der Waals surface area (Å²) in [7, 11) is 0. The predicted molar refractivity (Wildman–Crippen MR) is 125 cm³/mol. The standard InChI is InChI=1S/C24H31N5O5/c1-13(2)9-17-23(32)29(24(33)25-17)12-18(30)26-20(14(3)4)21(31)22-28-27-19(34-22)11-16-8-6-7-15(5)10-16/h6-8,10,13-14,20,32H,9,11-12H2,1-5H3,(H,25,33)(H,26,30)/t20-/m0/s1. The van der Waals surface area contributed by atoms with Gasteiger partial charge in [0.25, 0.3) is 5.89 Å². The van der Waals surface area contributed by atoms with E-state index in [4.69, 9.17) is 4.42 Å². The van der Waals surface area contributed by atoms with Crippen molar-refractivity contribution in [2.75, 3.05) is 0 Å². The summed E-state index contributed by atoms with van der Waals surface area (Å²) >= 11 is 0. The van der Waals surface area contributed by atoms with Gasteiger partial charge in [0.15, 0.2) is 0 Å². The van der Waals surface area contributed by atoms with Crippen LogP contribution in [0.15, 0.2) is 33.5 Å². The maximum Gasteiger partial charge on any atom is 0.329 e. The van der Waals surface area contributed by atoms with Crippen molar-refractivity contribution in [1.82, 2.24) is 25.1 Å². The fourth-order valence-electron chi connectivity index (χ4n) is 3.66. The number of ketones is 1. The fourth-order valence-corrected chi connectivity index (χ4v) is 3.66. The molecule has 2 heterocycles. The number of rotatable bonds is 10. The van der Waals surface area contributed by atoms with E-state index in [9.17, 15) is 19.5 Å². The maximum atomic E-state index is 13.0. The number of amides is 1. The van der Waals surface area contributed by atoms with Gasteiger partial charge < -0.3 is 19.8 Å². The minimum absolute atomic E-state index is 0.192. The van der Waals surface area contributed by atoms with Crippen LogP contribution in [0.5, 0.6) is 5.88 Å². The molecule has 1 atom stereocenters. The van der Waals surface area contributed by atoms with Crippen molar-refractivity contribution in [3.05, 3.63) is 63.4 Å². The molecule has 10 nitrogen and oxygen atoms in total. The van der Waals surface area contributed by atoms with Crippen LogP contribution in [0, 0.1) is 18.8 Å². The van der Waals surface area contributed by atoms with E-state index >= 15 is 0 Å². The van der Waals surface area contributed by atoms with Crippen molar-refractivity contribution in [2.45, 2.75) is 60.0 Å². The Morgan fingerprint density at radius 1 is 1.21 bits per heavy atom.